The van der Waals surface area contributed by atoms with Crippen LogP contribution in [0.5, 0.6) is 23.0 Å². The number of carboxylic acids is 4. The first kappa shape index (κ1) is 115. The van der Waals surface area contributed by atoms with E-state index in [0.717, 1.165) is 158 Å². The molecular weight excluding hydrogens is 1900 g/mol. The summed E-state index contributed by atoms with van der Waals surface area (Å²) in [5.41, 5.74) is 10.8. The van der Waals surface area contributed by atoms with Crippen LogP contribution in [0.1, 0.15) is 152 Å². The second-order valence-corrected chi connectivity index (χ2v) is 33.2. The van der Waals surface area contributed by atoms with Gasteiger partial charge in [0.25, 0.3) is 47.4 Å². The van der Waals surface area contributed by atoms with Gasteiger partial charge in [-0.2, -0.15) is 20.5 Å². The number of nitriles is 2. The molecule has 4 aromatic carbocycles. The van der Waals surface area contributed by atoms with Crippen molar-refractivity contribution in [1.29, 1.82) is 10.5 Å². The average molecular weight is 2020 g/mol. The van der Waals surface area contributed by atoms with Crippen molar-refractivity contribution in [2.45, 2.75) is 217 Å². The molecular formula is C96H113Cl2N13O31+2. The van der Waals surface area contributed by atoms with Gasteiger partial charge in [-0.15, -0.1) is 5.06 Å². The lowest BCUT2D eigenvalue weighted by Gasteiger charge is -2.38. The van der Waals surface area contributed by atoms with Gasteiger partial charge in [-0.05, 0) is 135 Å². The molecule has 7 heterocycles. The second-order valence-electron chi connectivity index (χ2n) is 32.3. The van der Waals surface area contributed by atoms with Crippen LogP contribution in [0.25, 0.3) is 0 Å². The van der Waals surface area contributed by atoms with Gasteiger partial charge in [0.15, 0.2) is 50.1 Å². The number of carbonyl (C=O) groups is 14. The predicted molar refractivity (Wildman–Crippen MR) is 500 cm³/mol. The number of anilines is 2. The Hall–Kier alpha value is -14.4. The summed E-state index contributed by atoms with van der Waals surface area (Å²) in [5, 5.41) is 124. The van der Waals surface area contributed by atoms with Gasteiger partial charge >= 0.3 is 17.9 Å². The number of nitrogens with two attached hydrogens (primary N) is 1. The van der Waals surface area contributed by atoms with Crippen molar-refractivity contribution in [3.05, 3.63) is 191 Å². The third-order valence-electron chi connectivity index (χ3n) is 21.2. The third kappa shape index (κ3) is 39.7. The molecule has 0 radical (unpaired) electrons. The van der Waals surface area contributed by atoms with Crippen molar-refractivity contribution >= 4 is 129 Å². The van der Waals surface area contributed by atoms with Gasteiger partial charge < -0.3 is 106 Å². The molecule has 0 unspecified atom stereocenters. The average Bonchev–Trinajstić information content (AvgIpc) is 0.832. The summed E-state index contributed by atoms with van der Waals surface area (Å²) in [5.74, 6) is -8.74. The number of aromatic nitrogens is 2. The zero-order chi connectivity index (χ0) is 104. The van der Waals surface area contributed by atoms with E-state index in [-0.39, 0.29) is 87.6 Å². The maximum atomic E-state index is 13.1. The van der Waals surface area contributed by atoms with Crippen LogP contribution in [-0.4, -0.2) is 261 Å². The molecule has 5 aliphatic rings. The van der Waals surface area contributed by atoms with E-state index >= 15 is 0 Å². The van der Waals surface area contributed by atoms with Gasteiger partial charge in [-0.1, -0.05) is 61.7 Å². The largest absolute Gasteiger partial charge is 0.494 e. The Morgan fingerprint density at radius 3 is 1.20 bits per heavy atom. The molecule has 9 amide bonds. The first-order chi connectivity index (χ1) is 67.8. The number of aliphatic hydroxyl groups is 6. The van der Waals surface area contributed by atoms with Crippen molar-refractivity contribution in [2.24, 2.45) is 15.7 Å². The zero-order valence-electron chi connectivity index (χ0n) is 77.5. The molecule has 760 valence electrons. The van der Waals surface area contributed by atoms with Gasteiger partial charge in [0, 0.05) is 166 Å². The molecule has 0 aliphatic carbocycles. The number of ether oxygens (including phenoxy) is 6. The minimum atomic E-state index is -1.94. The minimum absolute atomic E-state index is 0.0130. The van der Waals surface area contributed by atoms with E-state index in [1.807, 2.05) is 94.8 Å². The van der Waals surface area contributed by atoms with Gasteiger partial charge in [0.05, 0.1) is 31.0 Å². The van der Waals surface area contributed by atoms with Gasteiger partial charge in [-0.25, -0.2) is 23.5 Å². The monoisotopic (exact) mass is 2010 g/mol. The SMILES string of the molecule is CC(=O)O.CC(=O)O.N#CN=C(CCCCCCCOc1ccc(Cl)cc1)Cc1cc[n+](Cc2ccc(O[C@@H]3O[C@H](C(=O)O)[C@@H](O)[C@H](O)[C@H]3O)c(NC(=O)CCN)c2)cc1.N#CN=C(CCCCCCCOc1ccc(Cl)cc1)Cc1cc[n+](Cc2ccc(O[C@@H]3O[C@H](C(=O)O)[C@@H](O)[C@H](O)[C@H]3O)c(NC(=O)CCNC(=O)CCN3C(=O)C=CC3=O)c2)cc1.O=C(CCN1C(=O)C=CC1=O)ON1C(=O)CCC1=O. The fraction of sp³-hybridized carbons (Fsp3) is 0.417. The topological polar surface area (TPSA) is 658 Å². The quantitative estimate of drug-likeness (QED) is 0.00802. The van der Waals surface area contributed by atoms with E-state index in [2.05, 4.69) is 30.8 Å². The molecule has 6 aromatic rings. The van der Waals surface area contributed by atoms with Crippen LogP contribution in [-0.2, 0) is 107 Å². The molecule has 0 saturated carbocycles. The fourth-order valence-electron chi connectivity index (χ4n) is 14.0. The predicted octanol–water partition coefficient (Wildman–Crippen LogP) is 4.80. The van der Waals surface area contributed by atoms with Crippen molar-refractivity contribution in [3.63, 3.8) is 0 Å². The number of amides is 9. The van der Waals surface area contributed by atoms with Gasteiger partial charge in [0.1, 0.15) is 59.6 Å². The Morgan fingerprint density at radius 2 is 0.831 bits per heavy atom. The van der Waals surface area contributed by atoms with E-state index in [0.29, 0.717) is 66.2 Å². The molecule has 3 saturated heterocycles. The number of hydrogen-bond donors (Lipinski definition) is 14. The molecule has 46 heteroatoms. The number of aliphatic carboxylic acids is 4. The smallest absolute Gasteiger partial charge is 0.335 e. The summed E-state index contributed by atoms with van der Waals surface area (Å²) in [6.07, 6.45) is 9.18. The third-order valence-corrected chi connectivity index (χ3v) is 21.7. The number of nitrogens with one attached hydrogen (secondary N) is 3. The number of benzene rings is 4. The van der Waals surface area contributed by atoms with Crippen LogP contribution < -0.4 is 49.8 Å². The van der Waals surface area contributed by atoms with Gasteiger partial charge in [0.2, 0.25) is 42.7 Å². The van der Waals surface area contributed by atoms with E-state index in [9.17, 15) is 109 Å². The molecule has 0 spiro atoms. The molecule has 3 fully saturated rings. The van der Waals surface area contributed by atoms with Crippen LogP contribution in [0.2, 0.25) is 10.0 Å². The van der Waals surface area contributed by atoms with Crippen molar-refractivity contribution in [3.8, 4) is 35.4 Å². The van der Waals surface area contributed by atoms with E-state index in [1.165, 1.54) is 12.1 Å². The Labute approximate surface area is 824 Å². The molecule has 0 bridgehead atoms. The van der Waals surface area contributed by atoms with Crippen LogP contribution in [0.15, 0.2) is 168 Å². The molecule has 11 rings (SSSR count). The summed E-state index contributed by atoms with van der Waals surface area (Å²) >= 11 is 11.8. The summed E-state index contributed by atoms with van der Waals surface area (Å²) in [7, 11) is 0. The number of carboxylic acid groups (broad SMARTS) is 4. The van der Waals surface area contributed by atoms with Crippen LogP contribution in [0.3, 0.4) is 0 Å². The molecule has 44 nitrogen and oxygen atoms in total. The number of rotatable bonds is 46. The highest BCUT2D eigenvalue weighted by Crippen LogP contribution is 2.34. The maximum Gasteiger partial charge on any atom is 0.335 e. The standard InChI is InChI=1S/C44H49ClN6O12.C37H44ClN5O9.C11H10N2O6.2C2H4O2/c45-30-8-10-32(11-9-30)61-23-5-3-1-2-4-6-31(48-27-46)24-28-16-20-50(21-17-28)26-29-7-12-34(62-44-41(58)39(56)40(57)42(63-44)43(59)60)33(25-29)49-36(53)15-19-47-35(52)18-22-51-37(54)13-14-38(51)55;38-26-8-10-28(11-9-26)50-19-5-3-1-2-4-6-27(41-23-40)20-24-14-17-43(18-15-24)22-25-7-12-30(29(21-25)42-31(44)13-16-39)51-37-34(47)32(45)33(46)35(52-37)36(48)49;14-7-1-2-8(15)12(7)6-5-11(18)19-13-9(16)3-4-10(13)17;2*1-2(3)4/h7-14,16-17,20-21,25,39-42,44,56-58H,1-6,15,18-19,22-24,26H2,(H2-,47,49,52,53,59,60);7-12,14-15,17-18,21,32-35,37,45-47H,1-6,13,16,19-20,22,39H2,(H-,42,44,48,49);1-2H,3-6H2;2*1H3,(H,3,4)/p+2/t39-,40-,41+,42-,44+;32-,33-,34+,35-,37+;;;/m00.../s1. The summed E-state index contributed by atoms with van der Waals surface area (Å²) in [4.78, 5) is 173. The molecule has 5 aliphatic heterocycles. The van der Waals surface area contributed by atoms with Crippen LogP contribution >= 0.6 is 23.2 Å². The first-order valence-electron chi connectivity index (χ1n) is 45.0. The maximum absolute atomic E-state index is 13.1. The highest BCUT2D eigenvalue weighted by molar-refractivity contribution is 6.31. The number of imide groups is 3. The molecule has 142 heavy (non-hydrogen) atoms. The molecule has 15 N–H and O–H groups in total. The lowest BCUT2D eigenvalue weighted by molar-refractivity contribution is -0.688. The van der Waals surface area contributed by atoms with Crippen molar-refractivity contribution < 1.29 is 161 Å². The lowest BCUT2D eigenvalue weighted by atomic mass is 9.99. The summed E-state index contributed by atoms with van der Waals surface area (Å²) in [6, 6.07) is 31.9. The molecule has 2 aromatic heterocycles. The number of halogens is 2. The zero-order valence-corrected chi connectivity index (χ0v) is 79.0. The Balaban J connectivity index is 0.000000308. The van der Waals surface area contributed by atoms with Gasteiger partial charge in [-0.3, -0.25) is 62.5 Å². The summed E-state index contributed by atoms with van der Waals surface area (Å²) in [6.45, 7) is 3.89. The van der Waals surface area contributed by atoms with Crippen LogP contribution in [0.4, 0.5) is 11.4 Å². The Bertz CT molecular complexity index is 5470. The van der Waals surface area contributed by atoms with E-state index in [4.69, 9.17) is 77.2 Å². The number of hydroxylamine groups is 2. The molecule has 10 atom stereocenters. The number of nitrogens with zero attached hydrogens (tertiary/aromatic N) is 9. The van der Waals surface area contributed by atoms with Crippen LogP contribution in [0, 0.1) is 22.9 Å². The minimum Gasteiger partial charge on any atom is -0.494 e. The fourth-order valence-corrected chi connectivity index (χ4v) is 14.2. The Morgan fingerprint density at radius 1 is 0.465 bits per heavy atom. The first-order valence-corrected chi connectivity index (χ1v) is 45.7. The van der Waals surface area contributed by atoms with E-state index in [1.54, 1.807) is 48.5 Å². The van der Waals surface area contributed by atoms with Crippen molar-refractivity contribution in [1.82, 2.24) is 20.2 Å². The highest BCUT2D eigenvalue weighted by atomic mass is 35.5. The second kappa shape index (κ2) is 59.9. The lowest BCUT2D eigenvalue weighted by Crippen LogP contribution is -2.61. The number of aliphatic imine (C=N–C) groups is 2. The van der Waals surface area contributed by atoms with Crippen molar-refractivity contribution in [2.75, 3.05) is 50.0 Å². The number of unbranched alkanes of at least 4 members (excludes halogenated alkanes) is 8. The number of carbonyl (C=O) groups excluding carboxylic acids is 10. The highest BCUT2D eigenvalue weighted by Gasteiger charge is 2.50. The van der Waals surface area contributed by atoms with E-state index < -0.39 is 144 Å². The number of hydrogen-bond acceptors (Lipinski definition) is 32. The summed E-state index contributed by atoms with van der Waals surface area (Å²) < 4.78 is 37.3. The number of pyridine rings is 2. The number of aliphatic hydroxyl groups excluding tert-OH is 6. The normalized spacial score (nSPS) is 19.0. The Kier molecular flexibility index (Phi) is 48.3.